The van der Waals surface area contributed by atoms with Gasteiger partial charge in [-0.05, 0) is 80.7 Å². The molecule has 2 heteroatoms. The van der Waals surface area contributed by atoms with Crippen molar-refractivity contribution < 1.29 is 0 Å². The third-order valence-electron chi connectivity index (χ3n) is 8.32. The molecule has 0 saturated carbocycles. The summed E-state index contributed by atoms with van der Waals surface area (Å²) in [5.41, 5.74) is 10.2. The molecule has 0 N–H and O–H groups in total. The van der Waals surface area contributed by atoms with E-state index in [9.17, 15) is 0 Å². The van der Waals surface area contributed by atoms with Crippen molar-refractivity contribution in [3.05, 3.63) is 139 Å². The Morgan fingerprint density at radius 2 is 1.10 bits per heavy atom. The van der Waals surface area contributed by atoms with E-state index in [1.165, 1.54) is 66.0 Å². The molecule has 1 heterocycles. The minimum absolute atomic E-state index is 1.18. The van der Waals surface area contributed by atoms with E-state index in [1.54, 1.807) is 0 Å². The van der Waals surface area contributed by atoms with Crippen molar-refractivity contribution in [3.8, 4) is 22.3 Å². The Balaban J connectivity index is 1.40. The van der Waals surface area contributed by atoms with Crippen molar-refractivity contribution in [3.63, 3.8) is 0 Å². The average molecular weight is 518 g/mol. The highest BCUT2D eigenvalue weighted by molar-refractivity contribution is 7.04. The Morgan fingerprint density at radius 3 is 1.90 bits per heavy atom. The van der Waals surface area contributed by atoms with E-state index >= 15 is 0 Å². The fourth-order valence-electron chi connectivity index (χ4n) is 6.39. The largest absolute Gasteiger partial charge is 0.311 e. The standard InChI is InChI=1S/C37H31NSi/c1-26-18-22-29(23-19-26)38(35-16-9-15-34-33-13-6-7-17-36(33)39(2,3)37(34)35)30-24-20-28(21-25-30)32-14-8-11-27-10-4-5-12-31(27)32/h4-25H,1-3H3. The van der Waals surface area contributed by atoms with Crippen LogP contribution in [0.3, 0.4) is 0 Å². The van der Waals surface area contributed by atoms with Gasteiger partial charge in [0, 0.05) is 17.1 Å². The van der Waals surface area contributed by atoms with E-state index in [-0.39, 0.29) is 0 Å². The second-order valence-corrected chi connectivity index (χ2v) is 15.4. The van der Waals surface area contributed by atoms with Crippen LogP contribution in [-0.2, 0) is 0 Å². The van der Waals surface area contributed by atoms with Gasteiger partial charge in [-0.15, -0.1) is 0 Å². The summed E-state index contributed by atoms with van der Waals surface area (Å²) in [6, 6.07) is 49.1. The molecule has 0 spiro atoms. The first-order valence-electron chi connectivity index (χ1n) is 13.7. The first kappa shape index (κ1) is 23.7. The second kappa shape index (κ2) is 9.11. The summed E-state index contributed by atoms with van der Waals surface area (Å²) in [4.78, 5) is 2.46. The van der Waals surface area contributed by atoms with Crippen LogP contribution in [0, 0.1) is 6.92 Å². The van der Waals surface area contributed by atoms with Crippen LogP contribution in [-0.4, -0.2) is 8.07 Å². The van der Waals surface area contributed by atoms with Crippen molar-refractivity contribution in [2.75, 3.05) is 4.90 Å². The van der Waals surface area contributed by atoms with Crippen LogP contribution >= 0.6 is 0 Å². The van der Waals surface area contributed by atoms with E-state index in [4.69, 9.17) is 0 Å². The van der Waals surface area contributed by atoms with Gasteiger partial charge >= 0.3 is 0 Å². The van der Waals surface area contributed by atoms with E-state index in [1.807, 2.05) is 0 Å². The Morgan fingerprint density at radius 1 is 0.513 bits per heavy atom. The van der Waals surface area contributed by atoms with Crippen LogP contribution in [0.5, 0.6) is 0 Å². The molecule has 0 unspecified atom stereocenters. The predicted octanol–water partition coefficient (Wildman–Crippen LogP) is 9.09. The number of nitrogens with zero attached hydrogens (tertiary/aromatic N) is 1. The van der Waals surface area contributed by atoms with Crippen LogP contribution in [0.1, 0.15) is 5.56 Å². The van der Waals surface area contributed by atoms with Gasteiger partial charge in [-0.25, -0.2) is 0 Å². The zero-order valence-corrected chi connectivity index (χ0v) is 23.6. The van der Waals surface area contributed by atoms with E-state index in [0.29, 0.717) is 0 Å². The molecule has 1 nitrogen and oxygen atoms in total. The Hall–Kier alpha value is -4.40. The molecule has 39 heavy (non-hydrogen) atoms. The highest BCUT2D eigenvalue weighted by Crippen LogP contribution is 2.40. The summed E-state index contributed by atoms with van der Waals surface area (Å²) in [6.45, 7) is 7.15. The first-order chi connectivity index (χ1) is 19.0. The first-order valence-corrected chi connectivity index (χ1v) is 16.7. The molecule has 1 aliphatic heterocycles. The van der Waals surface area contributed by atoms with Crippen LogP contribution in [0.2, 0.25) is 13.1 Å². The highest BCUT2D eigenvalue weighted by Gasteiger charge is 2.40. The van der Waals surface area contributed by atoms with Crippen molar-refractivity contribution in [2.24, 2.45) is 0 Å². The second-order valence-electron chi connectivity index (χ2n) is 11.1. The Kier molecular flexibility index (Phi) is 5.54. The topological polar surface area (TPSA) is 3.24 Å². The molecule has 6 aromatic rings. The summed E-state index contributed by atoms with van der Waals surface area (Å²) in [5.74, 6) is 0. The molecule has 7 rings (SSSR count). The van der Waals surface area contributed by atoms with E-state index < -0.39 is 8.07 Å². The minimum atomic E-state index is -1.90. The highest BCUT2D eigenvalue weighted by atomic mass is 28.3. The SMILES string of the molecule is Cc1ccc(N(c2ccc(-c3cccc4ccccc34)cc2)c2cccc3c2[Si](C)(C)c2ccccc2-3)cc1. The molecule has 0 aromatic heterocycles. The van der Waals surface area contributed by atoms with Crippen molar-refractivity contribution in [1.82, 2.24) is 0 Å². The number of hydrogen-bond acceptors (Lipinski definition) is 1. The molecule has 0 atom stereocenters. The maximum absolute atomic E-state index is 2.50. The molecular weight excluding hydrogens is 487 g/mol. The molecule has 0 aliphatic carbocycles. The molecule has 0 amide bonds. The molecule has 188 valence electrons. The van der Waals surface area contributed by atoms with Gasteiger partial charge in [0.2, 0.25) is 0 Å². The fourth-order valence-corrected chi connectivity index (χ4v) is 9.79. The molecule has 0 bridgehead atoms. The Bertz CT molecular complexity index is 1830. The lowest BCUT2D eigenvalue weighted by molar-refractivity contribution is 1.28. The average Bonchev–Trinajstić information content (AvgIpc) is 3.21. The van der Waals surface area contributed by atoms with Gasteiger partial charge < -0.3 is 4.90 Å². The zero-order chi connectivity index (χ0) is 26.6. The van der Waals surface area contributed by atoms with Crippen LogP contribution in [0.15, 0.2) is 133 Å². The summed E-state index contributed by atoms with van der Waals surface area (Å²) in [5, 5.41) is 5.61. The number of fused-ring (bicyclic) bond motifs is 4. The summed E-state index contributed by atoms with van der Waals surface area (Å²) in [6.07, 6.45) is 0. The molecule has 6 aromatic carbocycles. The quantitative estimate of drug-likeness (QED) is 0.211. The van der Waals surface area contributed by atoms with E-state index in [2.05, 4.69) is 158 Å². The maximum Gasteiger partial charge on any atom is 0.116 e. The molecule has 1 aliphatic rings. The van der Waals surface area contributed by atoms with Crippen molar-refractivity contribution in [2.45, 2.75) is 20.0 Å². The van der Waals surface area contributed by atoms with Gasteiger partial charge in [0.25, 0.3) is 0 Å². The predicted molar refractivity (Wildman–Crippen MR) is 171 cm³/mol. The zero-order valence-electron chi connectivity index (χ0n) is 22.6. The lowest BCUT2D eigenvalue weighted by Crippen LogP contribution is -2.50. The summed E-state index contributed by atoms with van der Waals surface area (Å²) < 4.78 is 0. The van der Waals surface area contributed by atoms with E-state index in [0.717, 1.165) is 0 Å². The summed E-state index contributed by atoms with van der Waals surface area (Å²) >= 11 is 0. The monoisotopic (exact) mass is 517 g/mol. The van der Waals surface area contributed by atoms with Crippen LogP contribution < -0.4 is 15.3 Å². The number of rotatable bonds is 4. The van der Waals surface area contributed by atoms with Crippen LogP contribution in [0.25, 0.3) is 33.0 Å². The van der Waals surface area contributed by atoms with Crippen molar-refractivity contribution in [1.29, 1.82) is 0 Å². The van der Waals surface area contributed by atoms with Gasteiger partial charge in [-0.2, -0.15) is 0 Å². The third kappa shape index (κ3) is 3.83. The third-order valence-corrected chi connectivity index (χ3v) is 11.9. The Labute approximate surface area is 232 Å². The fraction of sp³-hybridized carbons (Fsp3) is 0.0811. The number of hydrogen-bond donors (Lipinski definition) is 0. The van der Waals surface area contributed by atoms with Crippen LogP contribution in [0.4, 0.5) is 17.1 Å². The number of anilines is 3. The molecule has 0 fully saturated rings. The van der Waals surface area contributed by atoms with Gasteiger partial charge in [0.15, 0.2) is 0 Å². The normalized spacial score (nSPS) is 13.2. The maximum atomic E-state index is 2.50. The van der Waals surface area contributed by atoms with Gasteiger partial charge in [0.1, 0.15) is 8.07 Å². The van der Waals surface area contributed by atoms with Crippen molar-refractivity contribution >= 4 is 46.3 Å². The lowest BCUT2D eigenvalue weighted by Gasteiger charge is -2.31. The molecular formula is C37H31NSi. The molecule has 0 saturated heterocycles. The van der Waals surface area contributed by atoms with Gasteiger partial charge in [-0.3, -0.25) is 0 Å². The van der Waals surface area contributed by atoms with Gasteiger partial charge in [-0.1, -0.05) is 122 Å². The number of benzene rings is 6. The number of aryl methyl sites for hydroxylation is 1. The summed E-state index contributed by atoms with van der Waals surface area (Å²) in [7, 11) is -1.90. The van der Waals surface area contributed by atoms with Gasteiger partial charge in [0.05, 0.1) is 0 Å². The lowest BCUT2D eigenvalue weighted by atomic mass is 9.98. The minimum Gasteiger partial charge on any atom is -0.311 e. The smallest absolute Gasteiger partial charge is 0.116 e. The molecule has 0 radical (unpaired) electrons.